The van der Waals surface area contributed by atoms with Gasteiger partial charge in [-0.1, -0.05) is 24.2 Å². The second-order valence-electron chi connectivity index (χ2n) is 8.09. The van der Waals surface area contributed by atoms with Crippen LogP contribution in [0.2, 0.25) is 5.02 Å². The molecule has 196 valence electrons. The van der Waals surface area contributed by atoms with Gasteiger partial charge in [0.2, 0.25) is 11.9 Å². The lowest BCUT2D eigenvalue weighted by molar-refractivity contribution is -0.111. The van der Waals surface area contributed by atoms with E-state index in [0.717, 1.165) is 0 Å². The maximum atomic E-state index is 13.2. The van der Waals surface area contributed by atoms with E-state index in [-0.39, 0.29) is 22.7 Å². The Morgan fingerprint density at radius 3 is 2.57 bits per heavy atom. The van der Waals surface area contributed by atoms with E-state index in [1.165, 1.54) is 19.4 Å². The van der Waals surface area contributed by atoms with E-state index in [9.17, 15) is 9.36 Å². The van der Waals surface area contributed by atoms with Gasteiger partial charge < -0.3 is 34.7 Å². The Morgan fingerprint density at radius 1 is 1.11 bits per heavy atom. The van der Waals surface area contributed by atoms with E-state index in [1.54, 1.807) is 56.8 Å². The molecule has 3 aromatic rings. The number of benzene rings is 2. The number of ether oxygens (including phenoxy) is 3. The highest BCUT2D eigenvalue weighted by atomic mass is 35.5. The summed E-state index contributed by atoms with van der Waals surface area (Å²) in [5.74, 6) is 1.15. The first-order chi connectivity index (χ1) is 17.7. The van der Waals surface area contributed by atoms with E-state index < -0.39 is 7.14 Å². The van der Waals surface area contributed by atoms with Crippen LogP contribution in [0.25, 0.3) is 0 Å². The molecule has 2 aromatic carbocycles. The average Bonchev–Trinajstić information content (AvgIpc) is 2.85. The number of halogens is 1. The van der Waals surface area contributed by atoms with Crippen molar-refractivity contribution >= 4 is 58.8 Å². The Balaban J connectivity index is 1.94. The molecule has 3 rings (SSSR count). The minimum Gasteiger partial charge on any atom is -0.495 e. The summed E-state index contributed by atoms with van der Waals surface area (Å²) in [6.07, 6.45) is 2.61. The van der Waals surface area contributed by atoms with Gasteiger partial charge in [-0.2, -0.15) is 4.98 Å². The Kier molecular flexibility index (Phi) is 9.52. The Bertz CT molecular complexity index is 1330. The van der Waals surface area contributed by atoms with Crippen molar-refractivity contribution in [1.82, 2.24) is 9.97 Å². The van der Waals surface area contributed by atoms with Gasteiger partial charge >= 0.3 is 0 Å². The van der Waals surface area contributed by atoms with Gasteiger partial charge in [0.1, 0.15) is 30.3 Å². The van der Waals surface area contributed by atoms with Crippen LogP contribution in [0.15, 0.2) is 55.3 Å². The van der Waals surface area contributed by atoms with Crippen LogP contribution in [0.1, 0.15) is 0 Å². The zero-order valence-corrected chi connectivity index (χ0v) is 22.7. The number of hydrogen-bond donors (Lipinski definition) is 3. The van der Waals surface area contributed by atoms with Crippen molar-refractivity contribution in [2.75, 3.05) is 56.7 Å². The van der Waals surface area contributed by atoms with Crippen LogP contribution in [0.3, 0.4) is 0 Å². The van der Waals surface area contributed by atoms with Gasteiger partial charge in [-0.3, -0.25) is 4.79 Å². The molecule has 37 heavy (non-hydrogen) atoms. The minimum atomic E-state index is -2.78. The molecule has 0 spiro atoms. The SMILES string of the molecule is C=CC(=O)Nc1ccc(OC)c(Nc2ncc(Cl)c(Nc3cccc(OCCOC)c3P(C)(C)=O)n2)c1. The van der Waals surface area contributed by atoms with Crippen LogP contribution in [-0.4, -0.2) is 56.6 Å². The molecule has 3 N–H and O–H groups in total. The number of carbonyl (C=O) groups is 1. The van der Waals surface area contributed by atoms with Gasteiger partial charge in [0.15, 0.2) is 5.82 Å². The first-order valence-corrected chi connectivity index (χ1v) is 14.1. The lowest BCUT2D eigenvalue weighted by atomic mass is 10.2. The van der Waals surface area contributed by atoms with Crippen LogP contribution in [-0.2, 0) is 14.1 Å². The zero-order chi connectivity index (χ0) is 27.0. The van der Waals surface area contributed by atoms with Gasteiger partial charge in [0.25, 0.3) is 0 Å². The first-order valence-electron chi connectivity index (χ1n) is 11.1. The summed E-state index contributed by atoms with van der Waals surface area (Å²) in [4.78, 5) is 20.4. The third-order valence-electron chi connectivity index (χ3n) is 4.98. The highest BCUT2D eigenvalue weighted by molar-refractivity contribution is 7.70. The summed E-state index contributed by atoms with van der Waals surface area (Å²) in [6.45, 7) is 7.48. The number of anilines is 5. The molecule has 0 bridgehead atoms. The fourth-order valence-corrected chi connectivity index (χ4v) is 4.89. The lowest BCUT2D eigenvalue weighted by Crippen LogP contribution is -2.16. The number of aromatic nitrogens is 2. The smallest absolute Gasteiger partial charge is 0.247 e. The van der Waals surface area contributed by atoms with Gasteiger partial charge in [-0.05, 0) is 49.7 Å². The van der Waals surface area contributed by atoms with E-state index in [0.29, 0.717) is 47.1 Å². The number of rotatable bonds is 12. The van der Waals surface area contributed by atoms with E-state index in [1.807, 2.05) is 0 Å². The van der Waals surface area contributed by atoms with Crippen molar-refractivity contribution < 1.29 is 23.6 Å². The molecule has 12 heteroatoms. The fourth-order valence-electron chi connectivity index (χ4n) is 3.37. The van der Waals surface area contributed by atoms with Gasteiger partial charge in [-0.15, -0.1) is 0 Å². The summed E-state index contributed by atoms with van der Waals surface area (Å²) >= 11 is 6.40. The molecule has 0 radical (unpaired) electrons. The number of amides is 1. The maximum absolute atomic E-state index is 13.2. The zero-order valence-electron chi connectivity index (χ0n) is 21.0. The molecule has 0 aliphatic heterocycles. The molecular formula is C25H29ClN5O5P. The molecule has 0 unspecified atom stereocenters. The van der Waals surface area contributed by atoms with Crippen molar-refractivity contribution in [2.24, 2.45) is 0 Å². The van der Waals surface area contributed by atoms with E-state index in [2.05, 4.69) is 32.5 Å². The standard InChI is InChI=1S/C25H29ClN5O5P/c1-6-22(32)28-16-10-11-20(35-3)19(14-16)30-25-27-15-17(26)24(31-25)29-18-8-7-9-21(36-13-12-34-2)23(18)37(4,5)33/h6-11,14-15H,1,12-13H2,2-5H3,(H,28,32)(H2,27,29,30,31). The van der Waals surface area contributed by atoms with Crippen LogP contribution in [0, 0.1) is 0 Å². The molecule has 1 aromatic heterocycles. The van der Waals surface area contributed by atoms with Crippen molar-refractivity contribution in [3.05, 3.63) is 60.3 Å². The fraction of sp³-hybridized carbons (Fsp3) is 0.240. The molecule has 0 aliphatic rings. The topological polar surface area (TPSA) is 124 Å². The van der Waals surface area contributed by atoms with Crippen molar-refractivity contribution in [3.8, 4) is 11.5 Å². The maximum Gasteiger partial charge on any atom is 0.247 e. The van der Waals surface area contributed by atoms with Crippen molar-refractivity contribution in [2.45, 2.75) is 0 Å². The second-order valence-corrected chi connectivity index (χ2v) is 11.6. The van der Waals surface area contributed by atoms with Gasteiger partial charge in [-0.25, -0.2) is 4.98 Å². The lowest BCUT2D eigenvalue weighted by Gasteiger charge is -2.20. The normalized spacial score (nSPS) is 10.9. The summed E-state index contributed by atoms with van der Waals surface area (Å²) < 4.78 is 29.5. The summed E-state index contributed by atoms with van der Waals surface area (Å²) in [5, 5.41) is 9.73. The van der Waals surface area contributed by atoms with Crippen LogP contribution in [0.5, 0.6) is 11.5 Å². The second kappa shape index (κ2) is 12.6. The monoisotopic (exact) mass is 545 g/mol. The highest BCUT2D eigenvalue weighted by Crippen LogP contribution is 2.43. The number of nitrogens with zero attached hydrogens (tertiary/aromatic N) is 2. The molecular weight excluding hydrogens is 517 g/mol. The highest BCUT2D eigenvalue weighted by Gasteiger charge is 2.23. The van der Waals surface area contributed by atoms with E-state index in [4.69, 9.17) is 25.8 Å². The average molecular weight is 546 g/mol. The Morgan fingerprint density at radius 2 is 1.89 bits per heavy atom. The van der Waals surface area contributed by atoms with Crippen molar-refractivity contribution in [3.63, 3.8) is 0 Å². The predicted molar refractivity (Wildman–Crippen MR) is 148 cm³/mol. The van der Waals surface area contributed by atoms with Crippen LogP contribution < -0.4 is 30.7 Å². The first kappa shape index (κ1) is 28.0. The third kappa shape index (κ3) is 7.45. The van der Waals surface area contributed by atoms with Crippen molar-refractivity contribution in [1.29, 1.82) is 0 Å². The molecule has 1 heterocycles. The third-order valence-corrected chi connectivity index (χ3v) is 6.79. The molecule has 0 saturated heterocycles. The minimum absolute atomic E-state index is 0.211. The Labute approximate surface area is 220 Å². The van der Waals surface area contributed by atoms with Crippen LogP contribution in [0.4, 0.5) is 28.8 Å². The molecule has 0 atom stereocenters. The molecule has 0 fully saturated rings. The number of hydrogen-bond acceptors (Lipinski definition) is 9. The van der Waals surface area contributed by atoms with E-state index >= 15 is 0 Å². The summed E-state index contributed by atoms with van der Waals surface area (Å²) in [5.41, 5.74) is 1.58. The molecule has 1 amide bonds. The molecule has 10 nitrogen and oxygen atoms in total. The molecule has 0 saturated carbocycles. The van der Waals surface area contributed by atoms with Crippen LogP contribution >= 0.6 is 18.7 Å². The molecule has 0 aliphatic carbocycles. The predicted octanol–water partition coefficient (Wildman–Crippen LogP) is 5.02. The largest absolute Gasteiger partial charge is 0.495 e. The van der Waals surface area contributed by atoms with Gasteiger partial charge in [0, 0.05) is 12.8 Å². The number of nitrogens with one attached hydrogen (secondary N) is 3. The van der Waals surface area contributed by atoms with Gasteiger partial charge in [0.05, 0.1) is 36.6 Å². The number of carbonyl (C=O) groups excluding carboxylic acids is 1. The Hall–Kier alpha value is -3.59. The summed E-state index contributed by atoms with van der Waals surface area (Å²) in [7, 11) is 0.325. The summed E-state index contributed by atoms with van der Waals surface area (Å²) in [6, 6.07) is 10.4. The quantitative estimate of drug-likeness (QED) is 0.163. The number of methoxy groups -OCH3 is 2.